The van der Waals surface area contributed by atoms with Crippen LogP contribution in [0.1, 0.15) is 24.0 Å². The number of benzene rings is 2. The van der Waals surface area contributed by atoms with Gasteiger partial charge in [0.25, 0.3) is 0 Å². The summed E-state index contributed by atoms with van der Waals surface area (Å²) >= 11 is 0. The zero-order valence-electron chi connectivity index (χ0n) is 17.5. The monoisotopic (exact) mass is 450 g/mol. The number of piperidine rings is 1. The molecule has 6 N–H and O–H groups in total. The second kappa shape index (κ2) is 9.37. The fourth-order valence-electron chi connectivity index (χ4n) is 3.58. The van der Waals surface area contributed by atoms with E-state index < -0.39 is 9.84 Å². The lowest BCUT2D eigenvalue weighted by Gasteiger charge is -2.22. The quantitative estimate of drug-likeness (QED) is 0.421. The van der Waals surface area contributed by atoms with Gasteiger partial charge >= 0.3 is 0 Å². The summed E-state index contributed by atoms with van der Waals surface area (Å²) in [6, 6.07) is 12.2. The molecule has 0 unspecified atom stereocenters. The number of aromatic nitrogens is 2. The normalized spacial score (nSPS) is 15.1. The van der Waals surface area contributed by atoms with Crippen LogP contribution in [0.25, 0.3) is 12.2 Å². The third-order valence-electron chi connectivity index (χ3n) is 5.46. The number of nitrogens with zero attached hydrogens (tertiary/aromatic N) is 2. The Labute approximate surface area is 187 Å². The second-order valence-electron chi connectivity index (χ2n) is 7.67. The van der Waals surface area contributed by atoms with Gasteiger partial charge in [0.1, 0.15) is 0 Å². The predicted octanol–water partition coefficient (Wildman–Crippen LogP) is 3.08. The molecule has 32 heavy (non-hydrogen) atoms. The Kier molecular flexibility index (Phi) is 6.38. The molecular weight excluding hydrogens is 424 g/mol. The number of para-hydroxylation sites is 1. The predicted molar refractivity (Wildman–Crippen MR) is 129 cm³/mol. The molecular formula is C23H26N6O2S. The fraction of sp³-hybridized carbons (Fsp3) is 0.217. The lowest BCUT2D eigenvalue weighted by Crippen LogP contribution is -2.35. The second-order valence-corrected chi connectivity index (χ2v) is 9.90. The van der Waals surface area contributed by atoms with Gasteiger partial charge in [-0.3, -0.25) is 0 Å². The van der Waals surface area contributed by atoms with E-state index >= 15 is 0 Å². The molecule has 0 saturated carbocycles. The summed E-state index contributed by atoms with van der Waals surface area (Å²) in [5.74, 6) is 0.416. The molecule has 1 fully saturated rings. The fourth-order valence-corrected chi connectivity index (χ4v) is 5.33. The largest absolute Gasteiger partial charge is 0.397 e. The van der Waals surface area contributed by atoms with Gasteiger partial charge in [0.15, 0.2) is 9.84 Å². The van der Waals surface area contributed by atoms with Gasteiger partial charge in [-0.05, 0) is 61.8 Å². The maximum absolute atomic E-state index is 12.8. The Morgan fingerprint density at radius 2 is 1.66 bits per heavy atom. The Balaban J connectivity index is 1.41. The number of rotatable bonds is 6. The average molecular weight is 451 g/mol. The summed E-state index contributed by atoms with van der Waals surface area (Å²) in [6.45, 7) is 1.47. The van der Waals surface area contributed by atoms with Crippen LogP contribution in [-0.4, -0.2) is 36.7 Å². The molecule has 0 radical (unpaired) electrons. The molecule has 0 amide bonds. The summed E-state index contributed by atoms with van der Waals surface area (Å²) in [6.07, 6.45) is 8.37. The van der Waals surface area contributed by atoms with Crippen molar-refractivity contribution in [2.24, 2.45) is 0 Å². The van der Waals surface area contributed by atoms with Crippen LogP contribution in [0, 0.1) is 0 Å². The molecule has 1 saturated heterocycles. The molecule has 0 bridgehead atoms. The van der Waals surface area contributed by atoms with Gasteiger partial charge in [0, 0.05) is 23.6 Å². The van der Waals surface area contributed by atoms with Gasteiger partial charge in [-0.25, -0.2) is 18.4 Å². The van der Waals surface area contributed by atoms with Crippen LogP contribution in [0.4, 0.5) is 23.0 Å². The summed E-state index contributed by atoms with van der Waals surface area (Å²) in [5, 5.41) is 5.96. The van der Waals surface area contributed by atoms with Crippen molar-refractivity contribution < 1.29 is 8.42 Å². The molecule has 1 aliphatic heterocycles. The van der Waals surface area contributed by atoms with Crippen molar-refractivity contribution in [2.75, 3.05) is 29.9 Å². The first kappa shape index (κ1) is 21.8. The van der Waals surface area contributed by atoms with E-state index in [0.717, 1.165) is 24.2 Å². The molecule has 2 aromatic carbocycles. The van der Waals surface area contributed by atoms with Crippen molar-refractivity contribution in [3.05, 3.63) is 66.0 Å². The average Bonchev–Trinajstić information content (AvgIpc) is 2.82. The Bertz CT molecular complexity index is 1200. The van der Waals surface area contributed by atoms with E-state index in [2.05, 4.69) is 20.6 Å². The van der Waals surface area contributed by atoms with Crippen molar-refractivity contribution >= 4 is 45.0 Å². The minimum absolute atomic E-state index is 0.325. The van der Waals surface area contributed by atoms with E-state index in [1.165, 1.54) is 0 Å². The highest BCUT2D eigenvalue weighted by Crippen LogP contribution is 2.25. The van der Waals surface area contributed by atoms with Gasteiger partial charge < -0.3 is 22.1 Å². The molecule has 1 aromatic heterocycles. The van der Waals surface area contributed by atoms with Gasteiger partial charge in [-0.2, -0.15) is 0 Å². The first-order valence-electron chi connectivity index (χ1n) is 10.4. The van der Waals surface area contributed by atoms with Gasteiger partial charge in [0.2, 0.25) is 5.95 Å². The Morgan fingerprint density at radius 3 is 2.34 bits per heavy atom. The summed E-state index contributed by atoms with van der Waals surface area (Å²) in [7, 11) is -3.32. The van der Waals surface area contributed by atoms with Crippen molar-refractivity contribution in [1.29, 1.82) is 0 Å². The van der Waals surface area contributed by atoms with Gasteiger partial charge in [-0.1, -0.05) is 24.3 Å². The van der Waals surface area contributed by atoms with Crippen molar-refractivity contribution in [3.8, 4) is 0 Å². The summed E-state index contributed by atoms with van der Waals surface area (Å²) in [5.41, 5.74) is 15.2. The van der Waals surface area contributed by atoms with E-state index in [-0.39, 0.29) is 5.25 Å². The molecule has 0 spiro atoms. The van der Waals surface area contributed by atoms with E-state index in [1.54, 1.807) is 42.7 Å². The summed E-state index contributed by atoms with van der Waals surface area (Å²) in [4.78, 5) is 8.98. The highest BCUT2D eigenvalue weighted by molar-refractivity contribution is 7.92. The van der Waals surface area contributed by atoms with E-state index in [1.807, 2.05) is 24.3 Å². The minimum Gasteiger partial charge on any atom is -0.397 e. The number of nitrogen functional groups attached to an aromatic ring is 2. The number of nitrogens with one attached hydrogen (secondary N) is 2. The van der Waals surface area contributed by atoms with Crippen LogP contribution < -0.4 is 22.1 Å². The lowest BCUT2D eigenvalue weighted by atomic mass is 10.1. The maximum Gasteiger partial charge on any atom is 0.227 e. The molecule has 0 atom stereocenters. The first-order valence-corrected chi connectivity index (χ1v) is 11.9. The third-order valence-corrected chi connectivity index (χ3v) is 7.74. The molecule has 3 aromatic rings. The Hall–Kier alpha value is -3.43. The van der Waals surface area contributed by atoms with E-state index in [9.17, 15) is 8.42 Å². The number of sulfone groups is 1. The van der Waals surface area contributed by atoms with Crippen molar-refractivity contribution in [2.45, 2.75) is 23.0 Å². The molecule has 8 nitrogen and oxygen atoms in total. The van der Waals surface area contributed by atoms with E-state index in [4.69, 9.17) is 11.5 Å². The highest BCUT2D eigenvalue weighted by Gasteiger charge is 2.28. The van der Waals surface area contributed by atoms with Crippen LogP contribution in [0.5, 0.6) is 0 Å². The third kappa shape index (κ3) is 4.90. The van der Waals surface area contributed by atoms with Crippen LogP contribution in [-0.2, 0) is 9.84 Å². The van der Waals surface area contributed by atoms with Crippen molar-refractivity contribution in [1.82, 2.24) is 15.3 Å². The highest BCUT2D eigenvalue weighted by atomic mass is 32.2. The van der Waals surface area contributed by atoms with E-state index in [0.29, 0.717) is 40.7 Å². The SMILES string of the molecule is Nc1cccc(C=Cc2cnc(Nc3ccc(S(=O)(=O)C4CCNCC4)cc3)nc2)c1N. The molecule has 0 aliphatic carbocycles. The van der Waals surface area contributed by atoms with Crippen LogP contribution >= 0.6 is 0 Å². The van der Waals surface area contributed by atoms with Gasteiger partial charge in [0.05, 0.1) is 21.5 Å². The zero-order valence-corrected chi connectivity index (χ0v) is 18.3. The summed E-state index contributed by atoms with van der Waals surface area (Å²) < 4.78 is 25.6. The molecule has 9 heteroatoms. The maximum atomic E-state index is 12.8. The Morgan fingerprint density at radius 1 is 0.969 bits per heavy atom. The molecule has 4 rings (SSSR count). The van der Waals surface area contributed by atoms with Gasteiger partial charge in [-0.15, -0.1) is 0 Å². The topological polar surface area (TPSA) is 136 Å². The standard InChI is InChI=1S/C23H26N6O2S/c24-21-3-1-2-17(22(21)25)5-4-16-14-27-23(28-15-16)29-18-6-8-19(9-7-18)32(30,31)20-10-12-26-13-11-20/h1-9,14-15,20,26H,10-13,24-25H2,(H,27,28,29). The van der Waals surface area contributed by atoms with Crippen molar-refractivity contribution in [3.63, 3.8) is 0 Å². The molecule has 2 heterocycles. The number of anilines is 4. The van der Waals surface area contributed by atoms with Crippen LogP contribution in [0.3, 0.4) is 0 Å². The van der Waals surface area contributed by atoms with Crippen LogP contribution in [0.15, 0.2) is 59.8 Å². The minimum atomic E-state index is -3.32. The number of hydrogen-bond acceptors (Lipinski definition) is 8. The van der Waals surface area contributed by atoms with Crippen LogP contribution in [0.2, 0.25) is 0 Å². The lowest BCUT2D eigenvalue weighted by molar-refractivity contribution is 0.496. The number of hydrogen-bond donors (Lipinski definition) is 4. The number of nitrogens with two attached hydrogens (primary N) is 2. The smallest absolute Gasteiger partial charge is 0.227 e. The molecule has 166 valence electrons. The molecule has 1 aliphatic rings. The first-order chi connectivity index (χ1) is 15.4. The zero-order chi connectivity index (χ0) is 22.6.